The number of nitrogens with zero attached hydrogens (tertiary/aromatic N) is 3. The van der Waals surface area contributed by atoms with Crippen LogP contribution in [0.2, 0.25) is 0 Å². The number of fused-ring (bicyclic) bond motifs is 3. The van der Waals surface area contributed by atoms with Crippen molar-refractivity contribution in [3.05, 3.63) is 11.8 Å². The summed E-state index contributed by atoms with van der Waals surface area (Å²) in [5.41, 5.74) is 0.375. The molecule has 4 aliphatic heterocycles. The van der Waals surface area contributed by atoms with Gasteiger partial charge < -0.3 is 29.7 Å². The Morgan fingerprint density at radius 1 is 0.841 bits per heavy atom. The summed E-state index contributed by atoms with van der Waals surface area (Å²) in [5.74, 6) is 1.16. The topological polar surface area (TPSA) is 95.6 Å². The lowest BCUT2D eigenvalue weighted by atomic mass is 9.65. The van der Waals surface area contributed by atoms with Crippen LogP contribution in [0.1, 0.15) is 64.2 Å². The van der Waals surface area contributed by atoms with Crippen LogP contribution in [0.5, 0.6) is 0 Å². The Morgan fingerprint density at radius 2 is 1.50 bits per heavy atom. The lowest BCUT2D eigenvalue weighted by Gasteiger charge is -2.60. The molecule has 3 saturated carbocycles. The van der Waals surface area contributed by atoms with E-state index in [1.54, 1.807) is 0 Å². The van der Waals surface area contributed by atoms with E-state index in [-0.39, 0.29) is 47.9 Å². The fourth-order valence-electron chi connectivity index (χ4n) is 9.53. The highest BCUT2D eigenvalue weighted by Crippen LogP contribution is 2.49. The summed E-state index contributed by atoms with van der Waals surface area (Å²) in [6, 6.07) is 0.521. The summed E-state index contributed by atoms with van der Waals surface area (Å²) >= 11 is 0. The van der Waals surface area contributed by atoms with Gasteiger partial charge in [0.05, 0.1) is 56.3 Å². The van der Waals surface area contributed by atoms with Crippen molar-refractivity contribution in [2.75, 3.05) is 78.8 Å². The van der Waals surface area contributed by atoms with Crippen LogP contribution in [-0.2, 0) is 23.8 Å². The monoisotopic (exact) mass is 613 g/mol. The van der Waals surface area contributed by atoms with Gasteiger partial charge in [0.25, 0.3) is 5.91 Å². The zero-order valence-electron chi connectivity index (χ0n) is 26.6. The number of nitrogens with one attached hydrogen (secondary N) is 2. The first-order valence-corrected chi connectivity index (χ1v) is 18.0. The van der Waals surface area contributed by atoms with Crippen LogP contribution in [0.25, 0.3) is 0 Å². The summed E-state index contributed by atoms with van der Waals surface area (Å²) in [7, 11) is 0. The number of carbonyl (C=O) groups is 2. The number of rotatable bonds is 10. The van der Waals surface area contributed by atoms with Crippen LogP contribution in [0.4, 0.5) is 0 Å². The van der Waals surface area contributed by atoms with Crippen molar-refractivity contribution in [2.45, 2.75) is 94.5 Å². The van der Waals surface area contributed by atoms with Crippen LogP contribution in [-0.4, -0.2) is 136 Å². The number of ketones is 1. The lowest BCUT2D eigenvalue weighted by Crippen LogP contribution is -2.71. The summed E-state index contributed by atoms with van der Waals surface area (Å²) in [5, 5.41) is 6.99. The number of ether oxygens (including phenoxy) is 3. The molecular formula is C34H55N5O5. The van der Waals surface area contributed by atoms with Gasteiger partial charge in [0, 0.05) is 50.9 Å². The zero-order valence-corrected chi connectivity index (χ0v) is 26.6. The van der Waals surface area contributed by atoms with Crippen molar-refractivity contribution in [1.29, 1.82) is 0 Å². The molecule has 8 unspecified atom stereocenters. The summed E-state index contributed by atoms with van der Waals surface area (Å²) in [6.07, 6.45) is 13.4. The van der Waals surface area contributed by atoms with Gasteiger partial charge in [-0.3, -0.25) is 19.4 Å². The molecule has 0 spiro atoms. The highest BCUT2D eigenvalue weighted by atomic mass is 16.5. The van der Waals surface area contributed by atoms with Crippen molar-refractivity contribution in [3.8, 4) is 0 Å². The molecule has 3 saturated heterocycles. The molecule has 246 valence electrons. The first-order chi connectivity index (χ1) is 21.7. The van der Waals surface area contributed by atoms with Crippen LogP contribution < -0.4 is 10.6 Å². The SMILES string of the molecule is O=C(NCCCN1CCOCC1)C1=CN2C3CC4CCCCC4CC3OC3C(NCCCN4CCOCC4)CCC(C1=O)C32. The minimum Gasteiger partial charge on any atom is -0.379 e. The quantitative estimate of drug-likeness (QED) is 0.283. The Labute approximate surface area is 263 Å². The Bertz CT molecular complexity index is 1030. The molecule has 44 heavy (non-hydrogen) atoms. The van der Waals surface area contributed by atoms with Crippen molar-refractivity contribution in [2.24, 2.45) is 17.8 Å². The average Bonchev–Trinajstić information content (AvgIpc) is 3.06. The summed E-state index contributed by atoms with van der Waals surface area (Å²) in [6.45, 7) is 10.8. The maximum Gasteiger partial charge on any atom is 0.256 e. The van der Waals surface area contributed by atoms with Gasteiger partial charge in [0.2, 0.25) is 0 Å². The number of hydrogen-bond donors (Lipinski definition) is 2. The van der Waals surface area contributed by atoms with E-state index in [1.165, 1.54) is 25.7 Å². The summed E-state index contributed by atoms with van der Waals surface area (Å²) in [4.78, 5) is 34.9. The first-order valence-electron chi connectivity index (χ1n) is 18.0. The molecule has 0 radical (unpaired) electrons. The van der Waals surface area contributed by atoms with Crippen LogP contribution >= 0.6 is 0 Å². The van der Waals surface area contributed by atoms with E-state index in [4.69, 9.17) is 14.2 Å². The van der Waals surface area contributed by atoms with Gasteiger partial charge in [-0.1, -0.05) is 25.7 Å². The Balaban J connectivity index is 1.03. The molecule has 7 aliphatic rings. The van der Waals surface area contributed by atoms with Gasteiger partial charge in [-0.05, 0) is 70.0 Å². The van der Waals surface area contributed by atoms with E-state index in [0.29, 0.717) is 12.1 Å². The molecule has 0 bridgehead atoms. The number of hydrogen-bond acceptors (Lipinski definition) is 9. The standard InChI is InChI=1S/C34H55N5O5/c40-32-26-7-8-28(35-9-3-11-37-13-17-42-18-14-37)33-31(26)39(29-21-24-5-1-2-6-25(24)22-30(29)44-33)23-27(32)34(41)36-10-4-12-38-15-19-43-20-16-38/h23-26,28-31,33,35H,1-22H2,(H,36,41). The largest absolute Gasteiger partial charge is 0.379 e. The molecule has 0 aromatic carbocycles. The molecule has 1 amide bonds. The third kappa shape index (κ3) is 6.76. The van der Waals surface area contributed by atoms with Gasteiger partial charge in [0.15, 0.2) is 5.78 Å². The maximum atomic E-state index is 14.0. The molecule has 0 aromatic rings. The molecule has 0 aromatic heterocycles. The highest BCUT2D eigenvalue weighted by molar-refractivity contribution is 6.20. The first kappa shape index (κ1) is 31.1. The fourth-order valence-corrected chi connectivity index (χ4v) is 9.53. The fraction of sp³-hybridized carbons (Fsp3) is 0.882. The Morgan fingerprint density at radius 3 is 2.20 bits per heavy atom. The Hall–Kier alpha value is -1.56. The van der Waals surface area contributed by atoms with E-state index in [2.05, 4.69) is 25.3 Å². The second-order valence-corrected chi connectivity index (χ2v) is 14.4. The summed E-state index contributed by atoms with van der Waals surface area (Å²) < 4.78 is 18.1. The Kier molecular flexibility index (Phi) is 10.2. The van der Waals surface area contributed by atoms with Crippen molar-refractivity contribution in [3.63, 3.8) is 0 Å². The van der Waals surface area contributed by atoms with E-state index in [1.807, 2.05) is 6.20 Å². The molecule has 3 aliphatic carbocycles. The average molecular weight is 614 g/mol. The molecule has 7 rings (SSSR count). The minimum atomic E-state index is -0.190. The van der Waals surface area contributed by atoms with E-state index in [0.717, 1.165) is 123 Å². The van der Waals surface area contributed by atoms with Crippen molar-refractivity contribution in [1.82, 2.24) is 25.3 Å². The maximum absolute atomic E-state index is 14.0. The van der Waals surface area contributed by atoms with Crippen LogP contribution in [0.15, 0.2) is 11.8 Å². The minimum absolute atomic E-state index is 0.0168. The van der Waals surface area contributed by atoms with Crippen molar-refractivity contribution >= 4 is 11.7 Å². The smallest absolute Gasteiger partial charge is 0.256 e. The zero-order chi connectivity index (χ0) is 29.9. The number of carbonyl (C=O) groups excluding carboxylic acids is 2. The third-order valence-corrected chi connectivity index (χ3v) is 11.9. The molecule has 8 atom stereocenters. The highest BCUT2D eigenvalue weighted by Gasteiger charge is 2.57. The van der Waals surface area contributed by atoms with E-state index in [9.17, 15) is 9.59 Å². The predicted molar refractivity (Wildman–Crippen MR) is 167 cm³/mol. The molecule has 6 fully saturated rings. The van der Waals surface area contributed by atoms with Gasteiger partial charge in [-0.15, -0.1) is 0 Å². The van der Waals surface area contributed by atoms with Gasteiger partial charge >= 0.3 is 0 Å². The number of morpholine rings is 3. The second kappa shape index (κ2) is 14.5. The third-order valence-electron chi connectivity index (χ3n) is 11.9. The molecule has 10 heteroatoms. The van der Waals surface area contributed by atoms with E-state index < -0.39 is 0 Å². The molecule has 10 nitrogen and oxygen atoms in total. The van der Waals surface area contributed by atoms with Crippen LogP contribution in [0, 0.1) is 17.8 Å². The van der Waals surface area contributed by atoms with Crippen molar-refractivity contribution < 1.29 is 23.8 Å². The molecule has 4 heterocycles. The normalized spacial score (nSPS) is 37.9. The predicted octanol–water partition coefficient (Wildman–Crippen LogP) is 1.79. The van der Waals surface area contributed by atoms with Gasteiger partial charge in [-0.25, -0.2) is 0 Å². The lowest BCUT2D eigenvalue weighted by molar-refractivity contribution is -0.200. The number of Topliss-reactive ketones (excluding diaryl/α,β-unsaturated/α-hetero) is 1. The number of amides is 1. The van der Waals surface area contributed by atoms with E-state index >= 15 is 0 Å². The van der Waals surface area contributed by atoms with Crippen LogP contribution in [0.3, 0.4) is 0 Å². The second-order valence-electron chi connectivity index (χ2n) is 14.4. The van der Waals surface area contributed by atoms with Gasteiger partial charge in [-0.2, -0.15) is 0 Å². The van der Waals surface area contributed by atoms with Gasteiger partial charge in [0.1, 0.15) is 0 Å². The molecular weight excluding hydrogens is 558 g/mol. The molecule has 2 N–H and O–H groups in total.